The molecule has 1 aromatic carbocycles. The lowest BCUT2D eigenvalue weighted by molar-refractivity contribution is -0.137. The second kappa shape index (κ2) is 7.00. The van der Waals surface area contributed by atoms with Crippen molar-refractivity contribution in [3.05, 3.63) is 54.1 Å². The number of carbonyl (C=O) groups excluding carboxylic acids is 1. The second-order valence-electron chi connectivity index (χ2n) is 5.36. The minimum Gasteiger partial charge on any atom is -0.497 e. The molecule has 128 valence electrons. The van der Waals surface area contributed by atoms with Crippen molar-refractivity contribution in [2.75, 3.05) is 7.11 Å². The summed E-state index contributed by atoms with van der Waals surface area (Å²) in [6.07, 6.45) is 2.70. The van der Waals surface area contributed by atoms with Crippen LogP contribution >= 0.6 is 0 Å². The Bertz CT molecular complexity index is 904. The highest BCUT2D eigenvalue weighted by Gasteiger charge is 2.21. The first-order chi connectivity index (χ1) is 12.1. The molecule has 8 nitrogen and oxygen atoms in total. The van der Waals surface area contributed by atoms with E-state index in [9.17, 15) is 9.59 Å². The number of fused-ring (bicyclic) bond motifs is 1. The number of rotatable bonds is 6. The number of ether oxygens (including phenoxy) is 1. The molecule has 25 heavy (non-hydrogen) atoms. The Morgan fingerprint density at radius 3 is 2.68 bits per heavy atom. The van der Waals surface area contributed by atoms with Crippen LogP contribution in [0.1, 0.15) is 28.5 Å². The Balaban J connectivity index is 1.87. The van der Waals surface area contributed by atoms with Crippen LogP contribution in [0.2, 0.25) is 0 Å². The number of methoxy groups -OCH3 is 1. The van der Waals surface area contributed by atoms with E-state index in [1.165, 1.54) is 6.33 Å². The fraction of sp³-hybridized carbons (Fsp3) is 0.176. The quantitative estimate of drug-likeness (QED) is 0.631. The Morgan fingerprint density at radius 2 is 2.00 bits per heavy atom. The molecule has 0 aliphatic heterocycles. The van der Waals surface area contributed by atoms with Crippen molar-refractivity contribution in [3.8, 4) is 5.75 Å². The summed E-state index contributed by atoms with van der Waals surface area (Å²) in [5.41, 5.74) is 1.39. The lowest BCUT2D eigenvalue weighted by Crippen LogP contribution is -2.31. The largest absolute Gasteiger partial charge is 0.497 e. The summed E-state index contributed by atoms with van der Waals surface area (Å²) < 4.78 is 5.10. The van der Waals surface area contributed by atoms with Gasteiger partial charge in [-0.1, -0.05) is 12.1 Å². The number of carbonyl (C=O) groups is 2. The fourth-order valence-electron chi connectivity index (χ4n) is 2.54. The Kier molecular flexibility index (Phi) is 4.60. The molecule has 0 radical (unpaired) electrons. The predicted octanol–water partition coefficient (Wildman–Crippen LogP) is 1.91. The van der Waals surface area contributed by atoms with E-state index in [-0.39, 0.29) is 12.1 Å². The zero-order valence-electron chi connectivity index (χ0n) is 13.4. The van der Waals surface area contributed by atoms with Gasteiger partial charge < -0.3 is 20.1 Å². The Labute approximate surface area is 142 Å². The van der Waals surface area contributed by atoms with Gasteiger partial charge in [-0.2, -0.15) is 0 Å². The van der Waals surface area contributed by atoms with E-state index in [4.69, 9.17) is 9.84 Å². The molecule has 2 aromatic heterocycles. The van der Waals surface area contributed by atoms with Crippen molar-refractivity contribution in [1.29, 1.82) is 0 Å². The first kappa shape index (κ1) is 16.4. The van der Waals surface area contributed by atoms with Crippen LogP contribution in [0.5, 0.6) is 5.75 Å². The molecule has 3 N–H and O–H groups in total. The summed E-state index contributed by atoms with van der Waals surface area (Å²) in [6.45, 7) is 0. The number of carboxylic acid groups (broad SMARTS) is 1. The van der Waals surface area contributed by atoms with Gasteiger partial charge in [0.05, 0.1) is 25.0 Å². The third kappa shape index (κ3) is 3.57. The minimum atomic E-state index is -1.02. The standard InChI is InChI=1S/C17H16N4O4/c1-25-11-4-2-10(3-5-11)13(8-14(22)23)21-17(24)15-12-6-7-18-16(12)20-9-19-15/h2-7,9,13H,8H2,1H3,(H,21,24)(H,22,23)(H,18,19,20)/t13-/m0/s1. The maximum Gasteiger partial charge on any atom is 0.305 e. The highest BCUT2D eigenvalue weighted by atomic mass is 16.5. The van der Waals surface area contributed by atoms with Crippen molar-refractivity contribution in [2.24, 2.45) is 0 Å². The van der Waals surface area contributed by atoms with E-state index in [0.29, 0.717) is 22.3 Å². The van der Waals surface area contributed by atoms with Gasteiger partial charge in [-0.15, -0.1) is 0 Å². The van der Waals surface area contributed by atoms with Gasteiger partial charge in [0.1, 0.15) is 23.4 Å². The molecular formula is C17H16N4O4. The summed E-state index contributed by atoms with van der Waals surface area (Å²) in [7, 11) is 1.54. The fourth-order valence-corrected chi connectivity index (χ4v) is 2.54. The topological polar surface area (TPSA) is 117 Å². The Hall–Kier alpha value is -3.42. The number of hydrogen-bond donors (Lipinski definition) is 3. The van der Waals surface area contributed by atoms with Crippen LogP contribution in [0.25, 0.3) is 11.0 Å². The monoisotopic (exact) mass is 340 g/mol. The summed E-state index contributed by atoms with van der Waals surface area (Å²) in [5.74, 6) is -0.835. The zero-order valence-corrected chi connectivity index (χ0v) is 13.4. The van der Waals surface area contributed by atoms with E-state index in [1.54, 1.807) is 43.6 Å². The lowest BCUT2D eigenvalue weighted by atomic mass is 10.0. The number of amides is 1. The molecule has 2 heterocycles. The molecule has 0 saturated carbocycles. The average Bonchev–Trinajstić information content (AvgIpc) is 3.09. The number of aliphatic carboxylic acids is 1. The molecule has 0 saturated heterocycles. The first-order valence-electron chi connectivity index (χ1n) is 7.53. The van der Waals surface area contributed by atoms with E-state index in [2.05, 4.69) is 20.3 Å². The van der Waals surface area contributed by atoms with Crippen molar-refractivity contribution >= 4 is 22.9 Å². The first-order valence-corrected chi connectivity index (χ1v) is 7.53. The van der Waals surface area contributed by atoms with E-state index < -0.39 is 17.9 Å². The van der Waals surface area contributed by atoms with Crippen molar-refractivity contribution < 1.29 is 19.4 Å². The second-order valence-corrected chi connectivity index (χ2v) is 5.36. The van der Waals surface area contributed by atoms with Gasteiger partial charge in [-0.3, -0.25) is 9.59 Å². The van der Waals surface area contributed by atoms with Crippen LogP contribution in [0.4, 0.5) is 0 Å². The Morgan fingerprint density at radius 1 is 1.24 bits per heavy atom. The molecule has 8 heteroatoms. The van der Waals surface area contributed by atoms with Crippen molar-refractivity contribution in [3.63, 3.8) is 0 Å². The van der Waals surface area contributed by atoms with E-state index >= 15 is 0 Å². The molecule has 0 unspecified atom stereocenters. The number of aromatic nitrogens is 3. The normalized spacial score (nSPS) is 11.9. The van der Waals surface area contributed by atoms with Gasteiger partial charge in [0.25, 0.3) is 5.91 Å². The summed E-state index contributed by atoms with van der Waals surface area (Å²) in [6, 6.07) is 7.87. The molecule has 3 rings (SSSR count). The summed E-state index contributed by atoms with van der Waals surface area (Å²) in [5, 5.41) is 12.5. The number of H-pyrrole nitrogens is 1. The molecule has 0 aliphatic rings. The van der Waals surface area contributed by atoms with Gasteiger partial charge in [0.2, 0.25) is 0 Å². The highest BCUT2D eigenvalue weighted by Crippen LogP contribution is 2.22. The number of nitrogens with zero attached hydrogens (tertiary/aromatic N) is 2. The number of nitrogens with one attached hydrogen (secondary N) is 2. The van der Waals surface area contributed by atoms with Gasteiger partial charge in [0.15, 0.2) is 0 Å². The maximum atomic E-state index is 12.6. The van der Waals surface area contributed by atoms with Crippen LogP contribution < -0.4 is 10.1 Å². The van der Waals surface area contributed by atoms with E-state index in [1.807, 2.05) is 0 Å². The minimum absolute atomic E-state index is 0.190. The average molecular weight is 340 g/mol. The smallest absolute Gasteiger partial charge is 0.305 e. The van der Waals surface area contributed by atoms with E-state index in [0.717, 1.165) is 0 Å². The number of hydrogen-bond acceptors (Lipinski definition) is 5. The van der Waals surface area contributed by atoms with Crippen LogP contribution in [-0.4, -0.2) is 39.0 Å². The van der Waals surface area contributed by atoms with Crippen molar-refractivity contribution in [1.82, 2.24) is 20.3 Å². The molecule has 0 spiro atoms. The number of carboxylic acids is 1. The molecule has 0 aliphatic carbocycles. The van der Waals surface area contributed by atoms with Gasteiger partial charge in [-0.25, -0.2) is 9.97 Å². The van der Waals surface area contributed by atoms with Gasteiger partial charge >= 0.3 is 5.97 Å². The summed E-state index contributed by atoms with van der Waals surface area (Å²) in [4.78, 5) is 34.8. The molecule has 3 aromatic rings. The molecule has 0 fully saturated rings. The molecule has 1 atom stereocenters. The molecule has 1 amide bonds. The molecule has 0 bridgehead atoms. The maximum absolute atomic E-state index is 12.6. The SMILES string of the molecule is COc1ccc([C@H](CC(=O)O)NC(=O)c2ncnc3[nH]ccc23)cc1. The van der Waals surface area contributed by atoms with Crippen LogP contribution in [0.15, 0.2) is 42.9 Å². The predicted molar refractivity (Wildman–Crippen MR) is 89.3 cm³/mol. The van der Waals surface area contributed by atoms with Crippen LogP contribution in [0.3, 0.4) is 0 Å². The lowest BCUT2D eigenvalue weighted by Gasteiger charge is -2.17. The van der Waals surface area contributed by atoms with Crippen molar-refractivity contribution in [2.45, 2.75) is 12.5 Å². The number of benzene rings is 1. The zero-order chi connectivity index (χ0) is 17.8. The van der Waals surface area contributed by atoms with Crippen LogP contribution in [0, 0.1) is 0 Å². The highest BCUT2D eigenvalue weighted by molar-refractivity contribution is 6.03. The number of aromatic amines is 1. The summed E-state index contributed by atoms with van der Waals surface area (Å²) >= 11 is 0. The third-order valence-corrected chi connectivity index (χ3v) is 3.77. The van der Waals surface area contributed by atoms with Gasteiger partial charge in [0, 0.05) is 6.20 Å². The van der Waals surface area contributed by atoms with Crippen LogP contribution in [-0.2, 0) is 4.79 Å². The van der Waals surface area contributed by atoms with Gasteiger partial charge in [-0.05, 0) is 23.8 Å². The molecular weight excluding hydrogens is 324 g/mol. The third-order valence-electron chi connectivity index (χ3n) is 3.77.